The van der Waals surface area contributed by atoms with Crippen molar-refractivity contribution < 1.29 is 14.7 Å². The van der Waals surface area contributed by atoms with Gasteiger partial charge in [-0.25, -0.2) is 9.59 Å². The van der Waals surface area contributed by atoms with Gasteiger partial charge in [0.25, 0.3) is 0 Å². The number of carbonyl (C=O) groups is 2. The van der Waals surface area contributed by atoms with Crippen LogP contribution in [-0.4, -0.2) is 34.6 Å². The zero-order chi connectivity index (χ0) is 16.0. The van der Waals surface area contributed by atoms with E-state index < -0.39 is 5.97 Å². The number of rotatable bonds is 5. The smallest absolute Gasteiger partial charge is 0.336 e. The molecule has 0 spiro atoms. The molecule has 0 aliphatic heterocycles. The lowest BCUT2D eigenvalue weighted by molar-refractivity contribution is 0.0696. The Kier molecular flexibility index (Phi) is 5.73. The van der Waals surface area contributed by atoms with Crippen LogP contribution in [0.5, 0.6) is 0 Å². The van der Waals surface area contributed by atoms with Crippen molar-refractivity contribution in [1.82, 2.24) is 4.90 Å². The van der Waals surface area contributed by atoms with Gasteiger partial charge < -0.3 is 15.3 Å². The molecule has 112 valence electrons. The largest absolute Gasteiger partial charge is 0.478 e. The van der Waals surface area contributed by atoms with E-state index in [2.05, 4.69) is 5.32 Å². The Labute approximate surface area is 124 Å². The molecule has 0 radical (unpaired) electrons. The number of aromatic carboxylic acids is 1. The molecule has 0 heterocycles. The summed E-state index contributed by atoms with van der Waals surface area (Å²) < 4.78 is 0. The number of nitriles is 1. The highest BCUT2D eigenvalue weighted by Crippen LogP contribution is 2.16. The number of carboxylic acids is 1. The van der Waals surface area contributed by atoms with Gasteiger partial charge in [0.2, 0.25) is 0 Å². The van der Waals surface area contributed by atoms with Crippen molar-refractivity contribution in [2.45, 2.75) is 33.2 Å². The number of carboxylic acid groups (broad SMARTS) is 1. The van der Waals surface area contributed by atoms with Gasteiger partial charge in [-0.3, -0.25) is 0 Å². The topological polar surface area (TPSA) is 93.4 Å². The average molecular weight is 289 g/mol. The Morgan fingerprint density at radius 3 is 2.62 bits per heavy atom. The molecule has 0 aliphatic rings. The Morgan fingerprint density at radius 1 is 1.43 bits per heavy atom. The predicted molar refractivity (Wildman–Crippen MR) is 79.2 cm³/mol. The maximum absolute atomic E-state index is 12.2. The van der Waals surface area contributed by atoms with Crippen molar-refractivity contribution in [3.63, 3.8) is 0 Å². The number of carbonyl (C=O) groups excluding carboxylic acids is 1. The molecule has 2 N–H and O–H groups in total. The monoisotopic (exact) mass is 289 g/mol. The van der Waals surface area contributed by atoms with Crippen molar-refractivity contribution in [3.8, 4) is 6.07 Å². The van der Waals surface area contributed by atoms with Gasteiger partial charge in [0.05, 0.1) is 18.1 Å². The molecule has 0 saturated carbocycles. The Balaban J connectivity index is 2.89. The first-order valence-corrected chi connectivity index (χ1v) is 6.65. The summed E-state index contributed by atoms with van der Waals surface area (Å²) in [6.07, 6.45) is 0.250. The minimum absolute atomic E-state index is 0.0530. The molecule has 0 bridgehead atoms. The zero-order valence-corrected chi connectivity index (χ0v) is 12.4. The van der Waals surface area contributed by atoms with E-state index in [1.807, 2.05) is 19.9 Å². The van der Waals surface area contributed by atoms with Crippen LogP contribution in [-0.2, 0) is 0 Å². The lowest BCUT2D eigenvalue weighted by Gasteiger charge is -2.26. The normalized spacial score (nSPS) is 10.0. The number of nitrogens with zero attached hydrogens (tertiary/aromatic N) is 2. The van der Waals surface area contributed by atoms with Crippen LogP contribution in [0.1, 0.15) is 36.2 Å². The standard InChI is InChI=1S/C15H19N3O3/c1-10(2)18(8-4-7-16)15(21)17-12-6-5-11(3)13(9-12)14(19)20/h5-6,9-10H,4,8H2,1-3H3,(H,17,21)(H,19,20). The van der Waals surface area contributed by atoms with E-state index in [0.29, 0.717) is 17.8 Å². The van der Waals surface area contributed by atoms with Crippen molar-refractivity contribution in [2.75, 3.05) is 11.9 Å². The summed E-state index contributed by atoms with van der Waals surface area (Å²) >= 11 is 0. The highest BCUT2D eigenvalue weighted by atomic mass is 16.4. The van der Waals surface area contributed by atoms with Crippen LogP contribution in [0.15, 0.2) is 18.2 Å². The number of urea groups is 1. The number of amides is 2. The molecule has 0 aromatic heterocycles. The number of hydrogen-bond donors (Lipinski definition) is 2. The minimum Gasteiger partial charge on any atom is -0.478 e. The van der Waals surface area contributed by atoms with Crippen LogP contribution >= 0.6 is 0 Å². The molecule has 1 rings (SSSR count). The van der Waals surface area contributed by atoms with Crippen molar-refractivity contribution >= 4 is 17.7 Å². The summed E-state index contributed by atoms with van der Waals surface area (Å²) in [5.41, 5.74) is 1.21. The van der Waals surface area contributed by atoms with Gasteiger partial charge in [-0.2, -0.15) is 5.26 Å². The highest BCUT2D eigenvalue weighted by molar-refractivity contribution is 5.94. The highest BCUT2D eigenvalue weighted by Gasteiger charge is 2.17. The lowest BCUT2D eigenvalue weighted by Crippen LogP contribution is -2.40. The summed E-state index contributed by atoms with van der Waals surface area (Å²) in [4.78, 5) is 24.8. The molecule has 1 aromatic carbocycles. The summed E-state index contributed by atoms with van der Waals surface area (Å²) in [6.45, 7) is 5.74. The van der Waals surface area contributed by atoms with Gasteiger partial charge in [-0.1, -0.05) is 6.07 Å². The predicted octanol–water partition coefficient (Wildman–Crippen LogP) is 2.85. The molecular formula is C15H19N3O3. The molecule has 0 unspecified atom stereocenters. The van der Waals surface area contributed by atoms with Gasteiger partial charge in [-0.05, 0) is 38.5 Å². The molecule has 1 aromatic rings. The number of nitrogens with one attached hydrogen (secondary N) is 1. The van der Waals surface area contributed by atoms with Crippen LogP contribution in [0.25, 0.3) is 0 Å². The Hall–Kier alpha value is -2.55. The van der Waals surface area contributed by atoms with Crippen LogP contribution in [0, 0.1) is 18.3 Å². The van der Waals surface area contributed by atoms with Crippen LogP contribution in [0.4, 0.5) is 10.5 Å². The van der Waals surface area contributed by atoms with Crippen molar-refractivity contribution in [3.05, 3.63) is 29.3 Å². The first-order valence-electron chi connectivity index (χ1n) is 6.65. The third-order valence-electron chi connectivity index (χ3n) is 3.07. The SMILES string of the molecule is Cc1ccc(NC(=O)N(CCC#N)C(C)C)cc1C(=O)O. The quantitative estimate of drug-likeness (QED) is 0.871. The van der Waals surface area contributed by atoms with Gasteiger partial charge in [0.15, 0.2) is 0 Å². The summed E-state index contributed by atoms with van der Waals surface area (Å²) in [7, 11) is 0. The molecule has 21 heavy (non-hydrogen) atoms. The first kappa shape index (κ1) is 16.5. The van der Waals surface area contributed by atoms with E-state index in [0.717, 1.165) is 0 Å². The van der Waals surface area contributed by atoms with Crippen molar-refractivity contribution in [1.29, 1.82) is 5.26 Å². The fourth-order valence-electron chi connectivity index (χ4n) is 1.89. The molecule has 2 amide bonds. The van der Waals surface area contributed by atoms with Crippen molar-refractivity contribution in [2.24, 2.45) is 0 Å². The van der Waals surface area contributed by atoms with Gasteiger partial charge in [-0.15, -0.1) is 0 Å². The first-order chi connectivity index (χ1) is 9.86. The van der Waals surface area contributed by atoms with Gasteiger partial charge in [0.1, 0.15) is 0 Å². The summed E-state index contributed by atoms with van der Waals surface area (Å²) in [5, 5.41) is 20.4. The third-order valence-corrected chi connectivity index (χ3v) is 3.07. The fourth-order valence-corrected chi connectivity index (χ4v) is 1.89. The molecule has 0 aliphatic carbocycles. The van der Waals surface area contributed by atoms with E-state index in [1.165, 1.54) is 11.0 Å². The number of hydrogen-bond acceptors (Lipinski definition) is 3. The second-order valence-electron chi connectivity index (χ2n) is 4.96. The number of anilines is 1. The molecule has 0 fully saturated rings. The second-order valence-corrected chi connectivity index (χ2v) is 4.96. The Morgan fingerprint density at radius 2 is 2.10 bits per heavy atom. The van der Waals surface area contributed by atoms with Gasteiger partial charge >= 0.3 is 12.0 Å². The van der Waals surface area contributed by atoms with E-state index in [9.17, 15) is 9.59 Å². The van der Waals surface area contributed by atoms with E-state index in [-0.39, 0.29) is 24.1 Å². The lowest BCUT2D eigenvalue weighted by atomic mass is 10.1. The van der Waals surface area contributed by atoms with Gasteiger partial charge in [0, 0.05) is 18.3 Å². The average Bonchev–Trinajstić information content (AvgIpc) is 2.40. The third kappa shape index (κ3) is 4.49. The summed E-state index contributed by atoms with van der Waals surface area (Å²) in [6, 6.07) is 6.34. The van der Waals surface area contributed by atoms with Crippen LogP contribution < -0.4 is 5.32 Å². The maximum atomic E-state index is 12.2. The minimum atomic E-state index is -1.03. The molecule has 0 atom stereocenters. The maximum Gasteiger partial charge on any atom is 0.336 e. The molecular weight excluding hydrogens is 270 g/mol. The Bertz CT molecular complexity index is 576. The zero-order valence-electron chi connectivity index (χ0n) is 12.4. The number of aryl methyl sites for hydroxylation is 1. The van der Waals surface area contributed by atoms with E-state index in [4.69, 9.17) is 10.4 Å². The molecule has 6 nitrogen and oxygen atoms in total. The van der Waals surface area contributed by atoms with Crippen LogP contribution in [0.2, 0.25) is 0 Å². The number of benzene rings is 1. The molecule has 0 saturated heterocycles. The fraction of sp³-hybridized carbons (Fsp3) is 0.400. The summed E-state index contributed by atoms with van der Waals surface area (Å²) in [5.74, 6) is -1.03. The second kappa shape index (κ2) is 7.29. The van der Waals surface area contributed by atoms with E-state index >= 15 is 0 Å². The van der Waals surface area contributed by atoms with Crippen LogP contribution in [0.3, 0.4) is 0 Å². The van der Waals surface area contributed by atoms with E-state index in [1.54, 1.807) is 19.1 Å². The molecule has 6 heteroatoms.